The van der Waals surface area contributed by atoms with E-state index < -0.39 is 0 Å². The molecule has 1 radical (unpaired) electrons. The van der Waals surface area contributed by atoms with Gasteiger partial charge < -0.3 is 0 Å². The van der Waals surface area contributed by atoms with Gasteiger partial charge in [-0.05, 0) is 0 Å². The van der Waals surface area contributed by atoms with Crippen molar-refractivity contribution >= 4 is 0 Å². The Morgan fingerprint density at radius 1 is 1.20 bits per heavy atom. The molecule has 0 aliphatic rings. The molecule has 0 heterocycles. The molecule has 0 rings (SSSR count). The summed E-state index contributed by atoms with van der Waals surface area (Å²) in [4.78, 5) is 0. The van der Waals surface area contributed by atoms with Crippen LogP contribution in [0.25, 0.3) is 0 Å². The minimum absolute atomic E-state index is 0. The van der Waals surface area contributed by atoms with Crippen molar-refractivity contribution in [1.29, 1.82) is 0 Å². The Labute approximate surface area is 95.5 Å². The standard InChI is InChI=1S/Ag.Au.Os.Pd.Pt. The van der Waals surface area contributed by atoms with Gasteiger partial charge in [0.1, 0.15) is 0 Å². The quantitative estimate of drug-likeness (QED) is 0.303. The molecule has 0 nitrogen and oxygen atoms in total. The molecule has 0 aromatic carbocycles. The normalized spacial score (nSPS) is 1.40. The molecule has 0 unspecified atom stereocenters. The van der Waals surface area contributed by atoms with Gasteiger partial charge in [0.15, 0.2) is 0 Å². The first-order chi connectivity index (χ1) is 1.00. The van der Waals surface area contributed by atoms with Gasteiger partial charge in [-0.3, -0.25) is 0 Å². The van der Waals surface area contributed by atoms with E-state index in [1.165, 1.54) is 0 Å². The van der Waals surface area contributed by atoms with Crippen molar-refractivity contribution in [2.75, 3.05) is 0 Å². The molecule has 0 aromatic rings. The maximum absolute atomic E-state index is 2.31. The molecule has 0 amide bonds. The van der Waals surface area contributed by atoms with E-state index in [1.54, 1.807) is 15.4 Å². The Hall–Kier alpha value is 3.47. The molecule has 0 aliphatic heterocycles. The Kier molecular flexibility index (Phi) is 123. The largest absolute Gasteiger partial charge is 0 e. The molecule has 5 heteroatoms. The van der Waals surface area contributed by atoms with Gasteiger partial charge >= 0.3 is 33.7 Å². The molecular formula is AgAuOsPdPt. The molecular weight excluding hydrogens is 797 g/mol. The Bertz CT molecular complexity index is 11.6. The van der Waals surface area contributed by atoms with Gasteiger partial charge in [0.2, 0.25) is 0 Å². The van der Waals surface area contributed by atoms with Crippen LogP contribution in [0.2, 0.25) is 0 Å². The van der Waals surface area contributed by atoms with E-state index in [0.717, 1.165) is 0 Å². The van der Waals surface area contributed by atoms with Crippen LogP contribution in [0.1, 0.15) is 0 Å². The predicted octanol–water partition coefficient (Wildman–Crippen LogP) is -0.0125. The third kappa shape index (κ3) is 18.6. The minimum Gasteiger partial charge on any atom is 0 e. The molecule has 0 saturated carbocycles. The van der Waals surface area contributed by atoms with Crippen LogP contribution < -0.4 is 0 Å². The first kappa shape index (κ1) is 23.7. The molecule has 0 saturated heterocycles. The van der Waals surface area contributed by atoms with Gasteiger partial charge in [-0.2, -0.15) is 0 Å². The van der Waals surface area contributed by atoms with Gasteiger partial charge in [-0.1, -0.05) is 0 Å². The Morgan fingerprint density at radius 3 is 1.20 bits per heavy atom. The van der Waals surface area contributed by atoms with Gasteiger partial charge in [0.05, 0.1) is 0 Å². The first-order valence-corrected chi connectivity index (χ1v) is 7.14. The minimum atomic E-state index is 0. The van der Waals surface area contributed by atoms with Crippen molar-refractivity contribution in [3.63, 3.8) is 0 Å². The van der Waals surface area contributed by atoms with Crippen LogP contribution >= 0.6 is 0 Å². The summed E-state index contributed by atoms with van der Waals surface area (Å²) < 4.78 is 0. The van der Waals surface area contributed by atoms with Crippen molar-refractivity contribution in [1.82, 2.24) is 0 Å². The third-order valence-electron chi connectivity index (χ3n) is 0. The average Bonchev–Trinajstić information content (AvgIpc) is 1.00. The molecule has 0 atom stereocenters. The summed E-state index contributed by atoms with van der Waals surface area (Å²) in [7, 11) is 0. The van der Waals surface area contributed by atoms with Crippen molar-refractivity contribution in [2.45, 2.75) is 0 Å². The van der Waals surface area contributed by atoms with E-state index in [4.69, 9.17) is 0 Å². The Morgan fingerprint density at radius 2 is 1.20 bits per heavy atom. The number of hydrogen-bond acceptors (Lipinski definition) is 0. The van der Waals surface area contributed by atoms with Crippen LogP contribution in [0.5, 0.6) is 0 Å². The van der Waals surface area contributed by atoms with E-state index in [1.807, 2.05) is 0 Å². The summed E-state index contributed by atoms with van der Waals surface area (Å²) in [6.45, 7) is 0. The summed E-state index contributed by atoms with van der Waals surface area (Å²) in [5.41, 5.74) is 0. The van der Waals surface area contributed by atoms with Gasteiger partial charge in [0, 0.05) is 63.9 Å². The van der Waals surface area contributed by atoms with Crippen molar-refractivity contribution in [3.8, 4) is 0 Å². The molecule has 0 fully saturated rings. The number of hydrogen-bond donors (Lipinski definition) is 0. The molecule has 5 heavy (non-hydrogen) atoms. The summed E-state index contributed by atoms with van der Waals surface area (Å²) in [5, 5.41) is 0. The fourth-order valence-corrected chi connectivity index (χ4v) is 0. The molecule has 0 bridgehead atoms. The molecule has 0 aromatic heterocycles. The fourth-order valence-electron chi connectivity index (χ4n) is 0. The monoisotopic (exact) mass is 797 g/mol. The number of rotatable bonds is 0. The second-order valence-electron chi connectivity index (χ2n) is 0. The first-order valence-electron chi connectivity index (χ1n) is 0.107. The van der Waals surface area contributed by atoms with E-state index in [9.17, 15) is 0 Å². The fraction of sp³-hybridized carbons (Fsp3) is 0. The van der Waals surface area contributed by atoms with E-state index in [-0.39, 0.29) is 63.9 Å². The van der Waals surface area contributed by atoms with Crippen molar-refractivity contribution < 1.29 is 97.6 Å². The van der Waals surface area contributed by atoms with Gasteiger partial charge in [0.25, 0.3) is 0 Å². The van der Waals surface area contributed by atoms with Crippen molar-refractivity contribution in [2.24, 2.45) is 0 Å². The van der Waals surface area contributed by atoms with Crippen LogP contribution in [0.4, 0.5) is 0 Å². The van der Waals surface area contributed by atoms with Crippen LogP contribution in [0, 0.1) is 0 Å². The zero-order valence-corrected chi connectivity index (χ0v) is 11.6. The summed E-state index contributed by atoms with van der Waals surface area (Å²) >= 11 is 4.11. The van der Waals surface area contributed by atoms with Gasteiger partial charge in [-0.15, -0.1) is 0 Å². The van der Waals surface area contributed by atoms with Crippen LogP contribution in [-0.2, 0) is 97.6 Å². The van der Waals surface area contributed by atoms with Crippen molar-refractivity contribution in [3.05, 3.63) is 0 Å². The zero-order valence-electron chi connectivity index (χ0n) is 1.59. The molecule has 0 aliphatic carbocycles. The second-order valence-corrected chi connectivity index (χ2v) is 0. The van der Waals surface area contributed by atoms with Crippen LogP contribution in [0.3, 0.4) is 0 Å². The third-order valence-corrected chi connectivity index (χ3v) is 0. The maximum Gasteiger partial charge on any atom is 0 e. The smallest absolute Gasteiger partial charge is 0 e. The summed E-state index contributed by atoms with van der Waals surface area (Å²) in [6.07, 6.45) is 0. The average molecular weight is 797 g/mol. The SMILES string of the molecule is [Ag].[Os][Au].[Pd].[Pt]. The Balaban J connectivity index is -0.00000000167. The summed E-state index contributed by atoms with van der Waals surface area (Å²) in [5.74, 6) is 0. The maximum atomic E-state index is 2.31. The van der Waals surface area contributed by atoms with E-state index >= 15 is 0 Å². The van der Waals surface area contributed by atoms with Crippen LogP contribution in [-0.4, -0.2) is 0 Å². The van der Waals surface area contributed by atoms with Gasteiger partial charge in [-0.25, -0.2) is 0 Å². The second kappa shape index (κ2) is 26.0. The zero-order chi connectivity index (χ0) is 2.00. The van der Waals surface area contributed by atoms with E-state index in [0.29, 0.717) is 0 Å². The van der Waals surface area contributed by atoms with Crippen LogP contribution in [0.15, 0.2) is 0 Å². The molecule has 0 N–H and O–H groups in total. The molecule has 0 spiro atoms. The predicted molar refractivity (Wildman–Crippen MR) is 0 cm³/mol. The molecule has 50 valence electrons. The van der Waals surface area contributed by atoms with E-state index in [2.05, 4.69) is 18.3 Å². The summed E-state index contributed by atoms with van der Waals surface area (Å²) in [6, 6.07) is 0. The topological polar surface area (TPSA) is 0 Å².